The van der Waals surface area contributed by atoms with Gasteiger partial charge in [-0.25, -0.2) is 8.42 Å². The van der Waals surface area contributed by atoms with Crippen LogP contribution in [0.5, 0.6) is 0 Å². The molecule has 1 N–H and O–H groups in total. The average molecular weight is 646 g/mol. The second-order valence-electron chi connectivity index (χ2n) is 11.5. The molecule has 0 saturated heterocycles. The summed E-state index contributed by atoms with van der Waals surface area (Å²) in [6.07, 6.45) is 0.254. The zero-order valence-electron chi connectivity index (χ0n) is 26.1. The van der Waals surface area contributed by atoms with Crippen LogP contribution in [0.1, 0.15) is 36.1 Å². The largest absolute Gasteiger partial charge is 0.354 e. The quantitative estimate of drug-likeness (QED) is 0.178. The summed E-state index contributed by atoms with van der Waals surface area (Å²) < 4.78 is 29.4. The fraction of sp³-hybridized carbons (Fsp3) is 0.278. The van der Waals surface area contributed by atoms with Gasteiger partial charge < -0.3 is 10.2 Å². The fourth-order valence-corrected chi connectivity index (χ4v) is 6.71. The van der Waals surface area contributed by atoms with Gasteiger partial charge in [0, 0.05) is 24.5 Å². The number of halogens is 1. The van der Waals surface area contributed by atoms with Crippen molar-refractivity contribution in [1.29, 1.82) is 0 Å². The van der Waals surface area contributed by atoms with Crippen molar-refractivity contribution in [3.8, 4) is 0 Å². The lowest BCUT2D eigenvalue weighted by Gasteiger charge is -2.34. The van der Waals surface area contributed by atoms with Gasteiger partial charge in [0.1, 0.15) is 12.6 Å². The van der Waals surface area contributed by atoms with Crippen molar-refractivity contribution >= 4 is 39.1 Å². The van der Waals surface area contributed by atoms with E-state index in [2.05, 4.69) is 5.32 Å². The van der Waals surface area contributed by atoms with Crippen LogP contribution in [0.15, 0.2) is 108 Å². The third kappa shape index (κ3) is 8.53. The highest BCUT2D eigenvalue weighted by Gasteiger charge is 2.35. The highest BCUT2D eigenvalue weighted by atomic mass is 35.5. The van der Waals surface area contributed by atoms with E-state index in [9.17, 15) is 18.0 Å². The Morgan fingerprint density at radius 2 is 1.44 bits per heavy atom. The minimum atomic E-state index is -4.20. The van der Waals surface area contributed by atoms with Crippen molar-refractivity contribution < 1.29 is 18.0 Å². The summed E-state index contributed by atoms with van der Waals surface area (Å²) in [6, 6.07) is 29.2. The van der Waals surface area contributed by atoms with Gasteiger partial charge in [0.05, 0.1) is 10.6 Å². The molecule has 4 rings (SSSR count). The van der Waals surface area contributed by atoms with Crippen LogP contribution < -0.4 is 9.62 Å². The Morgan fingerprint density at radius 3 is 2.09 bits per heavy atom. The van der Waals surface area contributed by atoms with E-state index in [4.69, 9.17) is 11.6 Å². The van der Waals surface area contributed by atoms with Crippen molar-refractivity contribution in [1.82, 2.24) is 10.2 Å². The van der Waals surface area contributed by atoms with Gasteiger partial charge in [-0.2, -0.15) is 0 Å². The number of sulfonamides is 1. The molecule has 1 unspecified atom stereocenters. The minimum absolute atomic E-state index is 0.0399. The summed E-state index contributed by atoms with van der Waals surface area (Å²) >= 11 is 6.45. The third-order valence-electron chi connectivity index (χ3n) is 7.68. The van der Waals surface area contributed by atoms with E-state index in [0.717, 1.165) is 21.0 Å². The van der Waals surface area contributed by atoms with Crippen LogP contribution in [0, 0.1) is 19.8 Å². The Balaban J connectivity index is 1.83. The average Bonchev–Trinajstić information content (AvgIpc) is 3.03. The van der Waals surface area contributed by atoms with Gasteiger partial charge in [-0.05, 0) is 66.3 Å². The molecule has 2 amide bonds. The summed E-state index contributed by atoms with van der Waals surface area (Å²) in [6.45, 7) is 7.69. The first-order valence-electron chi connectivity index (χ1n) is 15.0. The third-order valence-corrected chi connectivity index (χ3v) is 9.86. The Kier molecular flexibility index (Phi) is 11.4. The standard InChI is InChI=1S/C36H40ClN3O4S/c1-26(2)23-38-36(42)34(22-29-15-7-5-8-16-29)39(24-30-17-12-11-14-27(30)3)35(41)25-40(33-21-13-20-32(37)28(33)4)45(43,44)31-18-9-6-10-19-31/h5-21,26,34H,22-25H2,1-4H3,(H,38,42). The molecule has 4 aromatic carbocycles. The van der Waals surface area contributed by atoms with Gasteiger partial charge in [-0.1, -0.05) is 104 Å². The molecule has 0 radical (unpaired) electrons. The zero-order chi connectivity index (χ0) is 32.6. The molecule has 0 aliphatic rings. The Bertz CT molecular complexity index is 1710. The van der Waals surface area contributed by atoms with Gasteiger partial charge in [0.15, 0.2) is 0 Å². The number of aryl methyl sites for hydroxylation is 1. The van der Waals surface area contributed by atoms with E-state index in [-0.39, 0.29) is 29.7 Å². The lowest BCUT2D eigenvalue weighted by atomic mass is 10.0. The summed E-state index contributed by atoms with van der Waals surface area (Å²) in [7, 11) is -4.20. The van der Waals surface area contributed by atoms with Gasteiger partial charge in [0.25, 0.3) is 10.0 Å². The van der Waals surface area contributed by atoms with Gasteiger partial charge >= 0.3 is 0 Å². The summed E-state index contributed by atoms with van der Waals surface area (Å²) in [5.41, 5.74) is 3.50. The first-order chi connectivity index (χ1) is 21.5. The van der Waals surface area contributed by atoms with Crippen LogP contribution in [0.25, 0.3) is 0 Å². The van der Waals surface area contributed by atoms with Crippen molar-refractivity contribution in [2.45, 2.75) is 51.6 Å². The molecule has 0 bridgehead atoms. The molecule has 0 aliphatic heterocycles. The number of anilines is 1. The number of nitrogens with zero attached hydrogens (tertiary/aromatic N) is 2. The number of hydrogen-bond donors (Lipinski definition) is 1. The SMILES string of the molecule is Cc1ccccc1CN(C(=O)CN(c1cccc(Cl)c1C)S(=O)(=O)c1ccccc1)C(Cc1ccccc1)C(=O)NCC(C)C. The summed E-state index contributed by atoms with van der Waals surface area (Å²) in [5.74, 6) is -0.618. The molecule has 0 aliphatic carbocycles. The number of nitrogens with one attached hydrogen (secondary N) is 1. The molecule has 9 heteroatoms. The maximum atomic E-state index is 14.6. The van der Waals surface area contributed by atoms with Crippen molar-refractivity contribution in [2.75, 3.05) is 17.4 Å². The van der Waals surface area contributed by atoms with E-state index >= 15 is 0 Å². The predicted molar refractivity (Wildman–Crippen MR) is 181 cm³/mol. The van der Waals surface area contributed by atoms with Crippen LogP contribution in [0.4, 0.5) is 5.69 Å². The number of amides is 2. The molecule has 1 atom stereocenters. The monoisotopic (exact) mass is 645 g/mol. The normalized spacial score (nSPS) is 12.0. The lowest BCUT2D eigenvalue weighted by Crippen LogP contribution is -2.54. The van der Waals surface area contributed by atoms with Crippen LogP contribution in [-0.4, -0.2) is 44.3 Å². The maximum Gasteiger partial charge on any atom is 0.264 e. The Morgan fingerprint density at radius 1 is 0.822 bits per heavy atom. The van der Waals surface area contributed by atoms with Gasteiger partial charge in [-0.15, -0.1) is 0 Å². The number of benzene rings is 4. The van der Waals surface area contributed by atoms with Gasteiger partial charge in [0.2, 0.25) is 11.8 Å². The molecule has 45 heavy (non-hydrogen) atoms. The smallest absolute Gasteiger partial charge is 0.264 e. The van der Waals surface area contributed by atoms with Crippen molar-refractivity contribution in [3.05, 3.63) is 130 Å². The van der Waals surface area contributed by atoms with Crippen molar-refractivity contribution in [2.24, 2.45) is 5.92 Å². The molecule has 4 aromatic rings. The number of carbonyl (C=O) groups excluding carboxylic acids is 2. The predicted octanol–water partition coefficient (Wildman–Crippen LogP) is 6.56. The number of hydrogen-bond acceptors (Lipinski definition) is 4. The van der Waals surface area contributed by atoms with Crippen molar-refractivity contribution in [3.63, 3.8) is 0 Å². The van der Waals surface area contributed by atoms with E-state index in [1.54, 1.807) is 43.3 Å². The Labute approximate surface area is 271 Å². The van der Waals surface area contributed by atoms with E-state index in [0.29, 0.717) is 22.8 Å². The molecule has 0 fully saturated rings. The van der Waals surface area contributed by atoms with Crippen LogP contribution in [0.3, 0.4) is 0 Å². The molecule has 0 aromatic heterocycles. The first kappa shape index (κ1) is 33.7. The number of carbonyl (C=O) groups is 2. The fourth-order valence-electron chi connectivity index (χ4n) is 5.05. The first-order valence-corrected chi connectivity index (χ1v) is 16.8. The number of rotatable bonds is 13. The molecule has 0 saturated carbocycles. The summed E-state index contributed by atoms with van der Waals surface area (Å²) in [4.78, 5) is 30.0. The maximum absolute atomic E-state index is 14.6. The molecule has 0 heterocycles. The van der Waals surface area contributed by atoms with Crippen LogP contribution >= 0.6 is 11.6 Å². The molecule has 0 spiro atoms. The van der Waals surface area contributed by atoms with Crippen LogP contribution in [0.2, 0.25) is 5.02 Å². The molecule has 236 valence electrons. The Hall–Kier alpha value is -4.14. The molecule has 7 nitrogen and oxygen atoms in total. The highest BCUT2D eigenvalue weighted by Crippen LogP contribution is 2.31. The summed E-state index contributed by atoms with van der Waals surface area (Å²) in [5, 5.41) is 3.39. The minimum Gasteiger partial charge on any atom is -0.354 e. The molecular formula is C36H40ClN3O4S. The second kappa shape index (κ2) is 15.2. The van der Waals surface area contributed by atoms with Gasteiger partial charge in [-0.3, -0.25) is 13.9 Å². The van der Waals surface area contributed by atoms with Crippen LogP contribution in [-0.2, 0) is 32.6 Å². The van der Waals surface area contributed by atoms with E-state index in [1.165, 1.54) is 17.0 Å². The zero-order valence-corrected chi connectivity index (χ0v) is 27.7. The topological polar surface area (TPSA) is 86.8 Å². The van der Waals surface area contributed by atoms with E-state index < -0.39 is 28.5 Å². The molecular weight excluding hydrogens is 606 g/mol. The van der Waals surface area contributed by atoms with E-state index in [1.807, 2.05) is 75.4 Å². The highest BCUT2D eigenvalue weighted by molar-refractivity contribution is 7.92. The lowest BCUT2D eigenvalue weighted by molar-refractivity contribution is -0.140. The second-order valence-corrected chi connectivity index (χ2v) is 13.8.